The molecule has 1 N–H and O–H groups in total. The lowest BCUT2D eigenvalue weighted by molar-refractivity contribution is 0.0526. The fraction of sp³-hybridized carbons (Fsp3) is 0.368. The van der Waals surface area contributed by atoms with Crippen molar-refractivity contribution in [1.29, 1.82) is 0 Å². The van der Waals surface area contributed by atoms with E-state index in [4.69, 9.17) is 4.74 Å². The van der Waals surface area contributed by atoms with E-state index in [1.807, 2.05) is 38.5 Å². The zero-order valence-electron chi connectivity index (χ0n) is 15.7. The van der Waals surface area contributed by atoms with Crippen LogP contribution in [0.15, 0.2) is 47.6 Å². The Labute approximate surface area is 172 Å². The lowest BCUT2D eigenvalue weighted by atomic mass is 10.1. The number of aryl methyl sites for hydroxylation is 1. The molecule has 0 amide bonds. The molecule has 0 bridgehead atoms. The molecular weight excluding hydrogens is 443 g/mol. The number of halogens is 1. The number of aliphatic imine (C=N–C) groups is 1. The van der Waals surface area contributed by atoms with Gasteiger partial charge in [0.15, 0.2) is 5.96 Å². The Morgan fingerprint density at radius 3 is 2.50 bits per heavy atom. The Bertz CT molecular complexity index is 725. The van der Waals surface area contributed by atoms with E-state index < -0.39 is 0 Å². The highest BCUT2D eigenvalue weighted by Crippen LogP contribution is 2.07. The second-order valence-electron chi connectivity index (χ2n) is 5.78. The molecule has 1 heterocycles. The molecular formula is C19H27IN4O2. The van der Waals surface area contributed by atoms with Crippen LogP contribution in [0, 0.1) is 0 Å². The van der Waals surface area contributed by atoms with Gasteiger partial charge in [-0.15, -0.1) is 24.0 Å². The van der Waals surface area contributed by atoms with Crippen LogP contribution in [0.1, 0.15) is 28.5 Å². The van der Waals surface area contributed by atoms with Crippen LogP contribution in [0.25, 0.3) is 0 Å². The van der Waals surface area contributed by atoms with Crippen LogP contribution in [0.4, 0.5) is 0 Å². The van der Waals surface area contributed by atoms with Crippen molar-refractivity contribution in [3.8, 4) is 0 Å². The number of ether oxygens (including phenoxy) is 1. The van der Waals surface area contributed by atoms with Gasteiger partial charge in [-0.05, 0) is 36.8 Å². The number of carbonyl (C=O) groups excluding carboxylic acids is 1. The molecule has 2 aromatic rings. The summed E-state index contributed by atoms with van der Waals surface area (Å²) in [5, 5.41) is 3.34. The van der Waals surface area contributed by atoms with Crippen molar-refractivity contribution in [2.75, 3.05) is 20.7 Å². The van der Waals surface area contributed by atoms with E-state index >= 15 is 0 Å². The third-order valence-electron chi connectivity index (χ3n) is 3.94. The molecule has 26 heavy (non-hydrogen) atoms. The standard InChI is InChI=1S/C19H26N4O2.HI/c1-5-25-18(24)16-10-8-15(9-11-16)13-21-19(20-2)23(4)14-17-7-6-12-22(17)3;/h6-12H,5,13-14H2,1-4H3,(H,20,21);1H. The highest BCUT2D eigenvalue weighted by atomic mass is 127. The lowest BCUT2D eigenvalue weighted by Crippen LogP contribution is -2.38. The van der Waals surface area contributed by atoms with E-state index in [9.17, 15) is 4.79 Å². The number of carbonyl (C=O) groups is 1. The quantitative estimate of drug-likeness (QED) is 0.305. The Morgan fingerprint density at radius 1 is 1.27 bits per heavy atom. The summed E-state index contributed by atoms with van der Waals surface area (Å²) in [6.07, 6.45) is 2.03. The number of nitrogens with zero attached hydrogens (tertiary/aromatic N) is 3. The summed E-state index contributed by atoms with van der Waals surface area (Å²) >= 11 is 0. The molecule has 0 saturated heterocycles. The fourth-order valence-electron chi connectivity index (χ4n) is 2.52. The average molecular weight is 470 g/mol. The predicted octanol–water partition coefficient (Wildman–Crippen LogP) is 3.03. The molecule has 0 aliphatic carbocycles. The van der Waals surface area contributed by atoms with Gasteiger partial charge < -0.3 is 19.5 Å². The first-order valence-electron chi connectivity index (χ1n) is 8.33. The fourth-order valence-corrected chi connectivity index (χ4v) is 2.52. The minimum absolute atomic E-state index is 0. The molecule has 0 saturated carbocycles. The van der Waals surface area contributed by atoms with Crippen molar-refractivity contribution in [2.45, 2.75) is 20.0 Å². The van der Waals surface area contributed by atoms with Crippen LogP contribution in [0.5, 0.6) is 0 Å². The predicted molar refractivity (Wildman–Crippen MR) is 115 cm³/mol. The molecule has 0 radical (unpaired) electrons. The van der Waals surface area contributed by atoms with Crippen molar-refractivity contribution >= 4 is 35.9 Å². The topological polar surface area (TPSA) is 58.9 Å². The van der Waals surface area contributed by atoms with Crippen molar-refractivity contribution in [2.24, 2.45) is 12.0 Å². The molecule has 0 atom stereocenters. The van der Waals surface area contributed by atoms with Crippen LogP contribution < -0.4 is 5.32 Å². The van der Waals surface area contributed by atoms with Crippen molar-refractivity contribution in [1.82, 2.24) is 14.8 Å². The summed E-state index contributed by atoms with van der Waals surface area (Å²) in [6, 6.07) is 11.5. The second kappa shape index (κ2) is 10.8. The zero-order chi connectivity index (χ0) is 18.2. The van der Waals surface area contributed by atoms with E-state index in [2.05, 4.69) is 25.8 Å². The maximum absolute atomic E-state index is 11.7. The highest BCUT2D eigenvalue weighted by molar-refractivity contribution is 14.0. The molecule has 1 aromatic carbocycles. The zero-order valence-corrected chi connectivity index (χ0v) is 18.1. The molecule has 0 fully saturated rings. The molecule has 2 rings (SSSR count). The molecule has 6 nitrogen and oxygen atoms in total. The monoisotopic (exact) mass is 470 g/mol. The number of rotatable bonds is 6. The minimum atomic E-state index is -0.292. The second-order valence-corrected chi connectivity index (χ2v) is 5.78. The number of esters is 1. The van der Waals surface area contributed by atoms with Gasteiger partial charge in [-0.2, -0.15) is 0 Å². The Kier molecular flexibility index (Phi) is 9.18. The third-order valence-corrected chi connectivity index (χ3v) is 3.94. The molecule has 0 unspecified atom stereocenters. The minimum Gasteiger partial charge on any atom is -0.462 e. The number of aromatic nitrogens is 1. The summed E-state index contributed by atoms with van der Waals surface area (Å²) in [5.41, 5.74) is 2.85. The molecule has 0 aliphatic heterocycles. The van der Waals surface area contributed by atoms with Crippen LogP contribution in [-0.4, -0.2) is 42.1 Å². The molecule has 0 spiro atoms. The van der Waals surface area contributed by atoms with Gasteiger partial charge in [0.1, 0.15) is 0 Å². The van der Waals surface area contributed by atoms with Gasteiger partial charge in [0, 0.05) is 39.6 Å². The van der Waals surface area contributed by atoms with Crippen molar-refractivity contribution in [3.63, 3.8) is 0 Å². The smallest absolute Gasteiger partial charge is 0.338 e. The SMILES string of the molecule is CCOC(=O)c1ccc(CNC(=NC)N(C)Cc2cccn2C)cc1.I. The third kappa shape index (κ3) is 6.05. The number of hydrogen-bond donors (Lipinski definition) is 1. The first-order chi connectivity index (χ1) is 12.0. The van der Waals surface area contributed by atoms with Crippen LogP contribution in [0.3, 0.4) is 0 Å². The van der Waals surface area contributed by atoms with Crippen LogP contribution in [-0.2, 0) is 24.9 Å². The van der Waals surface area contributed by atoms with Gasteiger partial charge in [-0.25, -0.2) is 4.79 Å². The van der Waals surface area contributed by atoms with Gasteiger partial charge in [0.25, 0.3) is 0 Å². The number of hydrogen-bond acceptors (Lipinski definition) is 3. The van der Waals surface area contributed by atoms with Gasteiger partial charge in [-0.3, -0.25) is 4.99 Å². The summed E-state index contributed by atoms with van der Waals surface area (Å²) in [6.45, 7) is 3.58. The lowest BCUT2D eigenvalue weighted by Gasteiger charge is -2.22. The summed E-state index contributed by atoms with van der Waals surface area (Å²) < 4.78 is 7.09. The van der Waals surface area contributed by atoms with E-state index in [1.165, 1.54) is 5.69 Å². The summed E-state index contributed by atoms with van der Waals surface area (Å²) in [5.74, 6) is 0.524. The number of benzene rings is 1. The van der Waals surface area contributed by atoms with Crippen molar-refractivity contribution in [3.05, 3.63) is 59.4 Å². The van der Waals surface area contributed by atoms with E-state index in [0.29, 0.717) is 18.7 Å². The van der Waals surface area contributed by atoms with Crippen LogP contribution in [0.2, 0.25) is 0 Å². The largest absolute Gasteiger partial charge is 0.462 e. The van der Waals surface area contributed by atoms with Gasteiger partial charge in [0.2, 0.25) is 0 Å². The van der Waals surface area contributed by atoms with Crippen molar-refractivity contribution < 1.29 is 9.53 Å². The maximum Gasteiger partial charge on any atom is 0.338 e. The Balaban J connectivity index is 0.00000338. The average Bonchev–Trinajstić information content (AvgIpc) is 3.01. The Hall–Kier alpha value is -2.03. The van der Waals surface area contributed by atoms with E-state index in [1.54, 1.807) is 26.1 Å². The summed E-state index contributed by atoms with van der Waals surface area (Å²) in [4.78, 5) is 18.1. The first-order valence-corrected chi connectivity index (χ1v) is 8.33. The van der Waals surface area contributed by atoms with E-state index in [0.717, 1.165) is 18.1 Å². The number of nitrogens with one attached hydrogen (secondary N) is 1. The van der Waals surface area contributed by atoms with E-state index in [-0.39, 0.29) is 29.9 Å². The van der Waals surface area contributed by atoms with Gasteiger partial charge >= 0.3 is 5.97 Å². The Morgan fingerprint density at radius 2 is 1.96 bits per heavy atom. The van der Waals surface area contributed by atoms with Crippen LogP contribution >= 0.6 is 24.0 Å². The molecule has 142 valence electrons. The maximum atomic E-state index is 11.7. The molecule has 1 aromatic heterocycles. The number of guanidine groups is 1. The normalized spacial score (nSPS) is 10.8. The molecule has 7 heteroatoms. The van der Waals surface area contributed by atoms with Gasteiger partial charge in [-0.1, -0.05) is 12.1 Å². The van der Waals surface area contributed by atoms with Gasteiger partial charge in [0.05, 0.1) is 18.7 Å². The molecule has 0 aliphatic rings. The highest BCUT2D eigenvalue weighted by Gasteiger charge is 2.09. The summed E-state index contributed by atoms with van der Waals surface area (Å²) in [7, 11) is 5.81. The first kappa shape index (κ1) is 22.0.